The first-order valence-corrected chi connectivity index (χ1v) is 6.42. The molecule has 1 aromatic rings. The van der Waals surface area contributed by atoms with E-state index in [2.05, 4.69) is 4.99 Å². The second-order valence-electron chi connectivity index (χ2n) is 4.93. The van der Waals surface area contributed by atoms with Crippen LogP contribution in [0, 0.1) is 0 Å². The molecular formula is C14H18N4O2. The Hall–Kier alpha value is -2.37. The smallest absolute Gasteiger partial charge is 0.248 e. The number of primary amides is 1. The summed E-state index contributed by atoms with van der Waals surface area (Å²) in [6.45, 7) is 1.94. The van der Waals surface area contributed by atoms with Crippen molar-refractivity contribution in [3.8, 4) is 0 Å². The van der Waals surface area contributed by atoms with E-state index < -0.39 is 11.4 Å². The van der Waals surface area contributed by atoms with Crippen molar-refractivity contribution in [1.29, 1.82) is 0 Å². The van der Waals surface area contributed by atoms with Gasteiger partial charge in [0.2, 0.25) is 11.8 Å². The monoisotopic (exact) mass is 274 g/mol. The topological polar surface area (TPSA) is 102 Å². The molecule has 0 radical (unpaired) electrons. The van der Waals surface area contributed by atoms with Gasteiger partial charge in [0.05, 0.1) is 12.0 Å². The van der Waals surface area contributed by atoms with Gasteiger partial charge in [-0.1, -0.05) is 19.1 Å². The molecule has 2 rings (SSSR count). The highest BCUT2D eigenvalue weighted by Crippen LogP contribution is 2.36. The van der Waals surface area contributed by atoms with Gasteiger partial charge in [-0.25, -0.2) is 4.99 Å². The lowest BCUT2D eigenvalue weighted by atomic mass is 9.82. The lowest BCUT2D eigenvalue weighted by molar-refractivity contribution is -0.128. The normalized spacial score (nSPS) is 22.6. The van der Waals surface area contributed by atoms with E-state index in [0.29, 0.717) is 12.0 Å². The predicted octanol–water partition coefficient (Wildman–Crippen LogP) is 0.568. The maximum absolute atomic E-state index is 12.0. The molecule has 2 amide bonds. The SMILES string of the molecule is CC[C@@]1(c2cccc(C(N)=O)c2)CC(=O)N(C)C(N)=N1. The summed E-state index contributed by atoms with van der Waals surface area (Å²) < 4.78 is 0. The number of nitrogens with zero attached hydrogens (tertiary/aromatic N) is 2. The first-order valence-electron chi connectivity index (χ1n) is 6.42. The van der Waals surface area contributed by atoms with E-state index in [1.165, 1.54) is 4.90 Å². The highest BCUT2D eigenvalue weighted by molar-refractivity contribution is 5.99. The van der Waals surface area contributed by atoms with Crippen molar-refractivity contribution in [2.24, 2.45) is 16.5 Å². The lowest BCUT2D eigenvalue weighted by Gasteiger charge is -2.36. The van der Waals surface area contributed by atoms with Gasteiger partial charge in [0, 0.05) is 12.6 Å². The molecule has 0 unspecified atom stereocenters. The fourth-order valence-corrected chi connectivity index (χ4v) is 2.37. The lowest BCUT2D eigenvalue weighted by Crippen LogP contribution is -2.48. The largest absolute Gasteiger partial charge is 0.369 e. The highest BCUT2D eigenvalue weighted by Gasteiger charge is 2.38. The van der Waals surface area contributed by atoms with Crippen molar-refractivity contribution >= 4 is 17.8 Å². The maximum Gasteiger partial charge on any atom is 0.248 e. The summed E-state index contributed by atoms with van der Waals surface area (Å²) >= 11 is 0. The van der Waals surface area contributed by atoms with Crippen LogP contribution in [0.5, 0.6) is 0 Å². The van der Waals surface area contributed by atoms with Crippen LogP contribution >= 0.6 is 0 Å². The molecular weight excluding hydrogens is 256 g/mol. The van der Waals surface area contributed by atoms with Crippen molar-refractivity contribution in [3.63, 3.8) is 0 Å². The van der Waals surface area contributed by atoms with Gasteiger partial charge in [0.1, 0.15) is 0 Å². The van der Waals surface area contributed by atoms with Gasteiger partial charge < -0.3 is 11.5 Å². The van der Waals surface area contributed by atoms with E-state index in [4.69, 9.17) is 11.5 Å². The third kappa shape index (κ3) is 2.24. The minimum Gasteiger partial charge on any atom is -0.369 e. The standard InChI is InChI=1S/C14H18N4O2/c1-3-14(8-11(19)18(2)13(16)17-14)10-6-4-5-9(7-10)12(15)20/h4-7H,3,8H2,1-2H3,(H2,15,20)(H2,16,17)/t14-/m0/s1. The predicted molar refractivity (Wildman–Crippen MR) is 75.9 cm³/mol. The van der Waals surface area contributed by atoms with Gasteiger partial charge in [-0.3, -0.25) is 14.5 Å². The summed E-state index contributed by atoms with van der Waals surface area (Å²) in [4.78, 5) is 29.2. The number of aliphatic imine (C=N–C) groups is 1. The summed E-state index contributed by atoms with van der Waals surface area (Å²) in [5.41, 5.74) is 11.6. The van der Waals surface area contributed by atoms with Gasteiger partial charge in [0.15, 0.2) is 5.96 Å². The van der Waals surface area contributed by atoms with E-state index >= 15 is 0 Å². The van der Waals surface area contributed by atoms with E-state index in [9.17, 15) is 9.59 Å². The minimum absolute atomic E-state index is 0.0937. The van der Waals surface area contributed by atoms with Gasteiger partial charge in [0.25, 0.3) is 0 Å². The number of nitrogens with two attached hydrogens (primary N) is 2. The molecule has 0 fully saturated rings. The Morgan fingerprint density at radius 2 is 2.20 bits per heavy atom. The summed E-state index contributed by atoms with van der Waals surface area (Å²) in [6, 6.07) is 6.90. The van der Waals surface area contributed by atoms with Crippen molar-refractivity contribution in [2.75, 3.05) is 7.05 Å². The molecule has 6 heteroatoms. The molecule has 4 N–H and O–H groups in total. The molecule has 1 heterocycles. The number of benzene rings is 1. The average molecular weight is 274 g/mol. The van der Waals surface area contributed by atoms with E-state index in [1.54, 1.807) is 25.2 Å². The van der Waals surface area contributed by atoms with Gasteiger partial charge in [-0.2, -0.15) is 0 Å². The van der Waals surface area contributed by atoms with Crippen LogP contribution in [0.4, 0.5) is 0 Å². The number of hydrogen-bond acceptors (Lipinski definition) is 4. The maximum atomic E-state index is 12.0. The van der Waals surface area contributed by atoms with Crippen molar-refractivity contribution in [3.05, 3.63) is 35.4 Å². The van der Waals surface area contributed by atoms with Crippen LogP contribution in [-0.2, 0) is 10.3 Å². The first-order chi connectivity index (χ1) is 9.39. The first kappa shape index (κ1) is 14.0. The Kier molecular flexibility index (Phi) is 3.48. The second-order valence-corrected chi connectivity index (χ2v) is 4.93. The molecule has 0 aliphatic carbocycles. The van der Waals surface area contributed by atoms with Crippen LogP contribution in [-0.4, -0.2) is 29.7 Å². The summed E-state index contributed by atoms with van der Waals surface area (Å²) in [6.07, 6.45) is 0.832. The molecule has 1 aliphatic heterocycles. The second kappa shape index (κ2) is 4.96. The van der Waals surface area contributed by atoms with Crippen LogP contribution in [0.1, 0.15) is 35.7 Å². The number of carbonyl (C=O) groups is 2. The minimum atomic E-state index is -0.723. The van der Waals surface area contributed by atoms with Crippen LogP contribution in [0.15, 0.2) is 29.3 Å². The van der Waals surface area contributed by atoms with Gasteiger partial charge >= 0.3 is 0 Å². The molecule has 6 nitrogen and oxygen atoms in total. The summed E-state index contributed by atoms with van der Waals surface area (Å²) in [7, 11) is 1.60. The van der Waals surface area contributed by atoms with Crippen LogP contribution in [0.25, 0.3) is 0 Å². The zero-order valence-corrected chi connectivity index (χ0v) is 11.6. The highest BCUT2D eigenvalue weighted by atomic mass is 16.2. The molecule has 1 atom stereocenters. The number of amides is 2. The van der Waals surface area contributed by atoms with Crippen LogP contribution in [0.3, 0.4) is 0 Å². The van der Waals surface area contributed by atoms with Crippen molar-refractivity contribution in [2.45, 2.75) is 25.3 Å². The summed E-state index contributed by atoms with van der Waals surface area (Å²) in [5, 5.41) is 0. The molecule has 0 saturated heterocycles. The van der Waals surface area contributed by atoms with E-state index in [0.717, 1.165) is 5.56 Å². The molecule has 106 valence electrons. The zero-order valence-electron chi connectivity index (χ0n) is 11.6. The Morgan fingerprint density at radius 3 is 2.75 bits per heavy atom. The number of hydrogen-bond donors (Lipinski definition) is 2. The fourth-order valence-electron chi connectivity index (χ4n) is 2.37. The molecule has 0 spiro atoms. The van der Waals surface area contributed by atoms with Crippen LogP contribution in [0.2, 0.25) is 0 Å². The molecule has 1 aliphatic rings. The molecule has 1 aromatic carbocycles. The van der Waals surface area contributed by atoms with Crippen molar-refractivity contribution < 1.29 is 9.59 Å². The molecule has 0 saturated carbocycles. The Labute approximate surface area is 117 Å². The molecule has 0 aromatic heterocycles. The van der Waals surface area contributed by atoms with Gasteiger partial charge in [-0.15, -0.1) is 0 Å². The Balaban J connectivity index is 2.54. The third-order valence-electron chi connectivity index (χ3n) is 3.76. The Bertz CT molecular complexity index is 597. The van der Waals surface area contributed by atoms with Crippen LogP contribution < -0.4 is 11.5 Å². The average Bonchev–Trinajstić information content (AvgIpc) is 2.44. The van der Waals surface area contributed by atoms with E-state index in [-0.39, 0.29) is 18.3 Å². The zero-order chi connectivity index (χ0) is 14.9. The molecule has 20 heavy (non-hydrogen) atoms. The number of rotatable bonds is 3. The van der Waals surface area contributed by atoms with E-state index in [1.807, 2.05) is 13.0 Å². The third-order valence-corrected chi connectivity index (χ3v) is 3.76. The molecule has 0 bridgehead atoms. The quantitative estimate of drug-likeness (QED) is 0.842. The summed E-state index contributed by atoms with van der Waals surface area (Å²) in [5.74, 6) is -0.411. The number of carbonyl (C=O) groups excluding carboxylic acids is 2. The van der Waals surface area contributed by atoms with Crippen molar-refractivity contribution in [1.82, 2.24) is 4.90 Å². The fraction of sp³-hybridized carbons (Fsp3) is 0.357. The number of guanidine groups is 1. The Morgan fingerprint density at radius 1 is 1.50 bits per heavy atom. The van der Waals surface area contributed by atoms with Gasteiger partial charge in [-0.05, 0) is 24.1 Å².